The molecule has 1 aliphatic carbocycles. The standard InChI is InChI=1S/C19H26N4O6S/c24-17(22-19(26)21-15-4-1-2-5-15)13-29-18(25)14-7-10-23(11-8-14)30(27,28)16-6-3-9-20-12-16/h3,6,9,12,14-15H,1-2,4-5,7-8,10-11,13H2,(H2,21,22,24,26). The van der Waals surface area contributed by atoms with E-state index in [1.54, 1.807) is 6.07 Å². The number of hydrogen-bond donors (Lipinski definition) is 2. The van der Waals surface area contributed by atoms with Crippen LogP contribution < -0.4 is 10.6 Å². The van der Waals surface area contributed by atoms with E-state index in [-0.39, 0.29) is 24.0 Å². The summed E-state index contributed by atoms with van der Waals surface area (Å²) in [4.78, 5) is 39.7. The first kappa shape index (κ1) is 22.2. The lowest BCUT2D eigenvalue weighted by Crippen LogP contribution is -2.45. The molecule has 10 nitrogen and oxygen atoms in total. The van der Waals surface area contributed by atoms with E-state index in [0.717, 1.165) is 25.7 Å². The number of piperidine rings is 1. The van der Waals surface area contributed by atoms with Crippen LogP contribution in [0.15, 0.2) is 29.4 Å². The van der Waals surface area contributed by atoms with Gasteiger partial charge in [0, 0.05) is 31.5 Å². The number of rotatable bonds is 6. The molecule has 2 fully saturated rings. The number of nitrogens with one attached hydrogen (secondary N) is 2. The van der Waals surface area contributed by atoms with Crippen LogP contribution in [-0.4, -0.2) is 61.4 Å². The third-order valence-electron chi connectivity index (χ3n) is 5.35. The molecule has 2 N–H and O–H groups in total. The van der Waals surface area contributed by atoms with Crippen LogP contribution in [0.2, 0.25) is 0 Å². The van der Waals surface area contributed by atoms with Gasteiger partial charge in [-0.1, -0.05) is 12.8 Å². The smallest absolute Gasteiger partial charge is 0.321 e. The Hall–Kier alpha value is -2.53. The van der Waals surface area contributed by atoms with Crippen molar-refractivity contribution in [3.05, 3.63) is 24.5 Å². The van der Waals surface area contributed by atoms with Crippen LogP contribution in [0.1, 0.15) is 38.5 Å². The number of esters is 1. The minimum atomic E-state index is -3.65. The van der Waals surface area contributed by atoms with Crippen LogP contribution in [0.3, 0.4) is 0 Å². The SMILES string of the molecule is O=C(COC(=O)C1CCN(S(=O)(=O)c2cccnc2)CC1)NC(=O)NC1CCCC1. The maximum atomic E-state index is 12.6. The number of sulfonamides is 1. The fraction of sp³-hybridized carbons (Fsp3) is 0.579. The minimum Gasteiger partial charge on any atom is -0.455 e. The van der Waals surface area contributed by atoms with E-state index in [9.17, 15) is 22.8 Å². The van der Waals surface area contributed by atoms with Gasteiger partial charge in [-0.25, -0.2) is 13.2 Å². The molecule has 2 aliphatic rings. The zero-order chi connectivity index (χ0) is 21.6. The monoisotopic (exact) mass is 438 g/mol. The summed E-state index contributed by atoms with van der Waals surface area (Å²) in [7, 11) is -3.65. The summed E-state index contributed by atoms with van der Waals surface area (Å²) in [5, 5.41) is 4.87. The summed E-state index contributed by atoms with van der Waals surface area (Å²) in [6.07, 6.45) is 7.27. The van der Waals surface area contributed by atoms with Gasteiger partial charge in [0.15, 0.2) is 6.61 Å². The lowest BCUT2D eigenvalue weighted by molar-refractivity contribution is -0.153. The van der Waals surface area contributed by atoms with Gasteiger partial charge in [0.1, 0.15) is 4.90 Å². The Morgan fingerprint density at radius 1 is 1.13 bits per heavy atom. The second-order valence-electron chi connectivity index (χ2n) is 7.48. The van der Waals surface area contributed by atoms with Crippen molar-refractivity contribution in [1.82, 2.24) is 19.9 Å². The first-order valence-corrected chi connectivity index (χ1v) is 11.5. The van der Waals surface area contributed by atoms with Crippen LogP contribution in [0.25, 0.3) is 0 Å². The molecule has 30 heavy (non-hydrogen) atoms. The number of imide groups is 1. The molecule has 2 heterocycles. The average molecular weight is 439 g/mol. The van der Waals surface area contributed by atoms with E-state index >= 15 is 0 Å². The van der Waals surface area contributed by atoms with E-state index < -0.39 is 40.5 Å². The Labute approximate surface area is 175 Å². The highest BCUT2D eigenvalue weighted by Crippen LogP contribution is 2.24. The highest BCUT2D eigenvalue weighted by Gasteiger charge is 2.33. The number of hydrogen-bond acceptors (Lipinski definition) is 7. The summed E-state index contributed by atoms with van der Waals surface area (Å²) in [6, 6.07) is 2.52. The van der Waals surface area contributed by atoms with Gasteiger partial charge >= 0.3 is 12.0 Å². The topological polar surface area (TPSA) is 135 Å². The zero-order valence-electron chi connectivity index (χ0n) is 16.6. The van der Waals surface area contributed by atoms with Gasteiger partial charge in [-0.2, -0.15) is 4.31 Å². The summed E-state index contributed by atoms with van der Waals surface area (Å²) in [5.41, 5.74) is 0. The van der Waals surface area contributed by atoms with Gasteiger partial charge in [-0.3, -0.25) is 19.9 Å². The predicted molar refractivity (Wildman–Crippen MR) is 106 cm³/mol. The molecule has 1 aliphatic heterocycles. The van der Waals surface area contributed by atoms with Gasteiger partial charge in [-0.15, -0.1) is 0 Å². The van der Waals surface area contributed by atoms with Crippen LogP contribution in [0, 0.1) is 5.92 Å². The molecule has 164 valence electrons. The molecule has 1 saturated carbocycles. The maximum Gasteiger partial charge on any atom is 0.321 e. The molecule has 11 heteroatoms. The zero-order valence-corrected chi connectivity index (χ0v) is 17.4. The molecule has 0 unspecified atom stereocenters. The molecule has 0 radical (unpaired) electrons. The fourth-order valence-corrected chi connectivity index (χ4v) is 5.12. The van der Waals surface area contributed by atoms with Crippen molar-refractivity contribution in [1.29, 1.82) is 0 Å². The molecule has 0 atom stereocenters. The summed E-state index contributed by atoms with van der Waals surface area (Å²) in [6.45, 7) is -0.203. The first-order valence-electron chi connectivity index (χ1n) is 10.0. The predicted octanol–water partition coefficient (Wildman–Crippen LogP) is 0.794. The summed E-state index contributed by atoms with van der Waals surface area (Å²) in [5.74, 6) is -1.76. The van der Waals surface area contributed by atoms with E-state index in [0.29, 0.717) is 12.8 Å². The van der Waals surface area contributed by atoms with Crippen molar-refractivity contribution in [3.8, 4) is 0 Å². The molecule has 3 rings (SSSR count). The molecule has 3 amide bonds. The van der Waals surface area contributed by atoms with Crippen LogP contribution in [0.5, 0.6) is 0 Å². The Morgan fingerprint density at radius 3 is 2.47 bits per heavy atom. The lowest BCUT2D eigenvalue weighted by atomic mass is 9.98. The van der Waals surface area contributed by atoms with E-state index in [4.69, 9.17) is 4.74 Å². The van der Waals surface area contributed by atoms with Crippen LogP contribution in [-0.2, 0) is 24.3 Å². The normalized spacial score (nSPS) is 18.7. The van der Waals surface area contributed by atoms with E-state index in [1.807, 2.05) is 0 Å². The molecule has 0 aromatic carbocycles. The quantitative estimate of drug-likeness (QED) is 0.627. The minimum absolute atomic E-state index is 0.0773. The molecule has 1 saturated heterocycles. The van der Waals surface area contributed by atoms with Gasteiger partial charge in [-0.05, 0) is 37.8 Å². The third kappa shape index (κ3) is 5.76. The number of nitrogens with zero attached hydrogens (tertiary/aromatic N) is 2. The number of pyridine rings is 1. The molecule has 1 aromatic rings. The van der Waals surface area contributed by atoms with Crippen molar-refractivity contribution in [2.45, 2.75) is 49.5 Å². The van der Waals surface area contributed by atoms with Crippen LogP contribution >= 0.6 is 0 Å². The van der Waals surface area contributed by atoms with Crippen LogP contribution in [0.4, 0.5) is 4.79 Å². The summed E-state index contributed by atoms with van der Waals surface area (Å²) >= 11 is 0. The third-order valence-corrected chi connectivity index (χ3v) is 7.23. The Kier molecular flexibility index (Phi) is 7.38. The Morgan fingerprint density at radius 2 is 1.83 bits per heavy atom. The van der Waals surface area contributed by atoms with E-state index in [1.165, 1.54) is 22.8 Å². The largest absolute Gasteiger partial charge is 0.455 e. The van der Waals surface area contributed by atoms with Gasteiger partial charge in [0.05, 0.1) is 5.92 Å². The van der Waals surface area contributed by atoms with Crippen molar-refractivity contribution >= 4 is 27.9 Å². The first-order chi connectivity index (χ1) is 14.4. The highest BCUT2D eigenvalue weighted by atomic mass is 32.2. The number of aromatic nitrogens is 1. The number of carbonyl (C=O) groups excluding carboxylic acids is 3. The lowest BCUT2D eigenvalue weighted by Gasteiger charge is -2.29. The Balaban J connectivity index is 1.40. The van der Waals surface area contributed by atoms with Crippen molar-refractivity contribution < 1.29 is 27.5 Å². The molecular weight excluding hydrogens is 412 g/mol. The van der Waals surface area contributed by atoms with Gasteiger partial charge in [0.25, 0.3) is 5.91 Å². The van der Waals surface area contributed by atoms with Crippen molar-refractivity contribution in [2.75, 3.05) is 19.7 Å². The molecule has 0 spiro atoms. The maximum absolute atomic E-state index is 12.6. The number of urea groups is 1. The number of ether oxygens (including phenoxy) is 1. The highest BCUT2D eigenvalue weighted by molar-refractivity contribution is 7.89. The van der Waals surface area contributed by atoms with Crippen molar-refractivity contribution in [3.63, 3.8) is 0 Å². The van der Waals surface area contributed by atoms with Gasteiger partial charge in [0.2, 0.25) is 10.0 Å². The van der Waals surface area contributed by atoms with Crippen molar-refractivity contribution in [2.24, 2.45) is 5.92 Å². The summed E-state index contributed by atoms with van der Waals surface area (Å²) < 4.78 is 31.5. The second kappa shape index (κ2) is 9.98. The molecule has 0 bridgehead atoms. The average Bonchev–Trinajstić information content (AvgIpc) is 3.25. The van der Waals surface area contributed by atoms with E-state index in [2.05, 4.69) is 15.6 Å². The Bertz CT molecular complexity index is 862. The fourth-order valence-electron chi connectivity index (χ4n) is 3.69. The van der Waals surface area contributed by atoms with Gasteiger partial charge < -0.3 is 10.1 Å². The number of carbonyl (C=O) groups is 3. The second-order valence-corrected chi connectivity index (χ2v) is 9.42. The molecular formula is C19H26N4O6S. The molecule has 1 aromatic heterocycles. The number of amides is 3.